The minimum atomic E-state index is -0.438. The van der Waals surface area contributed by atoms with Gasteiger partial charge in [0.2, 0.25) is 0 Å². The lowest BCUT2D eigenvalue weighted by molar-refractivity contribution is 0.0507. The summed E-state index contributed by atoms with van der Waals surface area (Å²) in [4.78, 5) is 27.1. The number of methoxy groups -OCH3 is 1. The summed E-state index contributed by atoms with van der Waals surface area (Å²) in [5, 5.41) is 6.22. The summed E-state index contributed by atoms with van der Waals surface area (Å²) in [5.74, 6) is 0.0524. The Kier molecular flexibility index (Phi) is 6.58. The molecular weight excluding hydrogens is 442 g/mol. The van der Waals surface area contributed by atoms with Crippen LogP contribution in [0.3, 0.4) is 0 Å². The number of fused-ring (bicyclic) bond motifs is 1. The smallest absolute Gasteiger partial charge is 0.341 e. The Balaban J connectivity index is 1.75. The number of carbonyl (C=O) groups is 2. The van der Waals surface area contributed by atoms with Gasteiger partial charge in [-0.25, -0.2) is 4.79 Å². The van der Waals surface area contributed by atoms with Crippen molar-refractivity contribution in [2.24, 2.45) is 0 Å². The molecule has 0 fully saturated rings. The third-order valence-corrected chi connectivity index (χ3v) is 7.04. The first-order valence-corrected chi connectivity index (χ1v) is 12.0. The summed E-state index contributed by atoms with van der Waals surface area (Å²) in [6.07, 6.45) is 0.718. The van der Waals surface area contributed by atoms with Gasteiger partial charge in [-0.2, -0.15) is 0 Å². The molecule has 2 heterocycles. The number of aryl methyl sites for hydroxylation is 1. The molecule has 4 rings (SSSR count). The molecule has 0 aliphatic heterocycles. The number of rotatable bonds is 7. The van der Waals surface area contributed by atoms with Gasteiger partial charge < -0.3 is 14.8 Å². The lowest BCUT2D eigenvalue weighted by atomic mass is 10.0. The molecule has 5 nitrogen and oxygen atoms in total. The van der Waals surface area contributed by atoms with Gasteiger partial charge in [-0.1, -0.05) is 37.3 Å². The molecule has 1 amide bonds. The third-order valence-electron chi connectivity index (χ3n) is 5.06. The molecule has 7 heteroatoms. The average molecular weight is 466 g/mol. The molecule has 0 saturated carbocycles. The highest BCUT2D eigenvalue weighted by Crippen LogP contribution is 2.41. The fourth-order valence-corrected chi connectivity index (χ4v) is 5.52. The van der Waals surface area contributed by atoms with Crippen LogP contribution < -0.4 is 10.1 Å². The first-order valence-electron chi connectivity index (χ1n) is 10.3. The number of hydrogen-bond acceptors (Lipinski definition) is 6. The first kappa shape index (κ1) is 22.0. The minimum absolute atomic E-state index is 0.241. The molecule has 0 unspecified atom stereocenters. The lowest BCUT2D eigenvalue weighted by Crippen LogP contribution is -2.14. The molecule has 0 bridgehead atoms. The van der Waals surface area contributed by atoms with Crippen molar-refractivity contribution in [3.05, 3.63) is 69.9 Å². The van der Waals surface area contributed by atoms with Crippen molar-refractivity contribution in [1.82, 2.24) is 0 Å². The number of ether oxygens (including phenoxy) is 2. The van der Waals surface area contributed by atoms with Gasteiger partial charge in [0.1, 0.15) is 16.3 Å². The molecule has 0 aliphatic rings. The van der Waals surface area contributed by atoms with Gasteiger partial charge in [0.15, 0.2) is 0 Å². The fraction of sp³-hybridized carbons (Fsp3) is 0.200. The van der Waals surface area contributed by atoms with Crippen molar-refractivity contribution in [2.75, 3.05) is 19.0 Å². The summed E-state index contributed by atoms with van der Waals surface area (Å²) in [5.41, 5.74) is 2.61. The number of esters is 1. The van der Waals surface area contributed by atoms with Crippen LogP contribution in [0.2, 0.25) is 0 Å². The van der Waals surface area contributed by atoms with Crippen molar-refractivity contribution < 1.29 is 19.1 Å². The van der Waals surface area contributed by atoms with Crippen LogP contribution in [-0.2, 0) is 4.74 Å². The Morgan fingerprint density at radius 2 is 1.81 bits per heavy atom. The van der Waals surface area contributed by atoms with Crippen LogP contribution in [0, 0.1) is 6.92 Å². The van der Waals surface area contributed by atoms with E-state index in [-0.39, 0.29) is 5.91 Å². The van der Waals surface area contributed by atoms with Crippen LogP contribution in [-0.4, -0.2) is 25.6 Å². The molecule has 0 spiro atoms. The molecule has 0 aliphatic carbocycles. The van der Waals surface area contributed by atoms with Gasteiger partial charge in [-0.15, -0.1) is 22.7 Å². The molecule has 4 aromatic rings. The van der Waals surface area contributed by atoms with Crippen molar-refractivity contribution in [3.8, 4) is 16.9 Å². The number of amides is 1. The highest BCUT2D eigenvalue weighted by atomic mass is 32.1. The zero-order valence-corrected chi connectivity index (χ0v) is 19.7. The van der Waals surface area contributed by atoms with E-state index in [0.717, 1.165) is 38.3 Å². The fourth-order valence-electron chi connectivity index (χ4n) is 3.52. The maximum Gasteiger partial charge on any atom is 0.341 e. The van der Waals surface area contributed by atoms with Crippen molar-refractivity contribution in [3.63, 3.8) is 0 Å². The Bertz CT molecular complexity index is 1270. The molecule has 32 heavy (non-hydrogen) atoms. The second-order valence-corrected chi connectivity index (χ2v) is 9.34. The monoisotopic (exact) mass is 465 g/mol. The summed E-state index contributed by atoms with van der Waals surface area (Å²) in [6.45, 7) is 4.20. The second kappa shape index (κ2) is 9.54. The topological polar surface area (TPSA) is 64.6 Å². The summed E-state index contributed by atoms with van der Waals surface area (Å²) < 4.78 is 11.8. The quantitative estimate of drug-likeness (QED) is 0.306. The molecular formula is C25H23NO4S2. The van der Waals surface area contributed by atoms with E-state index in [1.165, 1.54) is 22.7 Å². The van der Waals surface area contributed by atoms with Gasteiger partial charge in [0.05, 0.1) is 19.3 Å². The summed E-state index contributed by atoms with van der Waals surface area (Å²) >= 11 is 2.90. The van der Waals surface area contributed by atoms with E-state index in [0.29, 0.717) is 22.7 Å². The van der Waals surface area contributed by atoms with E-state index < -0.39 is 5.97 Å². The molecule has 0 radical (unpaired) electrons. The normalized spacial score (nSPS) is 10.8. The van der Waals surface area contributed by atoms with E-state index in [1.54, 1.807) is 7.11 Å². The Hall–Kier alpha value is -3.16. The number of hydrogen-bond donors (Lipinski definition) is 1. The van der Waals surface area contributed by atoms with Crippen LogP contribution in [0.1, 0.15) is 38.9 Å². The van der Waals surface area contributed by atoms with Crippen molar-refractivity contribution in [2.45, 2.75) is 20.3 Å². The lowest BCUT2D eigenvalue weighted by Gasteiger charge is -2.10. The molecule has 1 N–H and O–H groups in total. The number of benzene rings is 2. The number of nitrogens with one attached hydrogen (secondary N) is 1. The van der Waals surface area contributed by atoms with Gasteiger partial charge in [-0.3, -0.25) is 4.79 Å². The van der Waals surface area contributed by atoms with Crippen LogP contribution in [0.15, 0.2) is 53.9 Å². The minimum Gasteiger partial charge on any atom is -0.497 e. The van der Waals surface area contributed by atoms with E-state index >= 15 is 0 Å². The van der Waals surface area contributed by atoms with E-state index in [1.807, 2.05) is 67.8 Å². The number of carbonyl (C=O) groups excluding carboxylic acids is 2. The average Bonchev–Trinajstić information content (AvgIpc) is 3.38. The largest absolute Gasteiger partial charge is 0.497 e. The van der Waals surface area contributed by atoms with Gasteiger partial charge in [0.25, 0.3) is 5.91 Å². The van der Waals surface area contributed by atoms with Gasteiger partial charge in [-0.05, 0) is 37.1 Å². The zero-order valence-electron chi connectivity index (χ0n) is 18.1. The molecule has 2 aromatic carbocycles. The number of anilines is 1. The molecule has 0 saturated heterocycles. The Morgan fingerprint density at radius 1 is 1.06 bits per heavy atom. The predicted molar refractivity (Wildman–Crippen MR) is 131 cm³/mol. The maximum atomic E-state index is 13.2. The van der Waals surface area contributed by atoms with Crippen LogP contribution in [0.4, 0.5) is 5.00 Å². The predicted octanol–water partition coefficient (Wildman–Crippen LogP) is 6.77. The zero-order chi connectivity index (χ0) is 22.7. The van der Waals surface area contributed by atoms with Crippen LogP contribution in [0.25, 0.3) is 21.2 Å². The van der Waals surface area contributed by atoms with Crippen LogP contribution in [0.5, 0.6) is 5.75 Å². The second-order valence-electron chi connectivity index (χ2n) is 7.20. The van der Waals surface area contributed by atoms with Gasteiger partial charge >= 0.3 is 5.97 Å². The highest BCUT2D eigenvalue weighted by Gasteiger charge is 2.26. The Morgan fingerprint density at radius 3 is 2.53 bits per heavy atom. The summed E-state index contributed by atoms with van der Waals surface area (Å²) in [6, 6.07) is 15.3. The summed E-state index contributed by atoms with van der Waals surface area (Å²) in [7, 11) is 1.61. The maximum absolute atomic E-state index is 13.2. The van der Waals surface area contributed by atoms with E-state index in [4.69, 9.17) is 9.47 Å². The van der Waals surface area contributed by atoms with Crippen LogP contribution >= 0.6 is 22.7 Å². The molecule has 0 atom stereocenters. The van der Waals surface area contributed by atoms with Crippen molar-refractivity contribution >= 4 is 49.6 Å². The third kappa shape index (κ3) is 4.26. The number of thiophene rings is 2. The highest BCUT2D eigenvalue weighted by molar-refractivity contribution is 7.18. The van der Waals surface area contributed by atoms with E-state index in [9.17, 15) is 9.59 Å². The Labute approximate surface area is 194 Å². The SMILES string of the molecule is CCCOC(=O)c1c(NC(=O)c2csc3ccccc23)sc(C)c1-c1ccc(OC)cc1. The van der Waals surface area contributed by atoms with Crippen molar-refractivity contribution in [1.29, 1.82) is 0 Å². The molecule has 164 valence electrons. The first-order chi connectivity index (χ1) is 15.5. The van der Waals surface area contributed by atoms with Gasteiger partial charge in [0, 0.05) is 25.9 Å². The molecule has 2 aromatic heterocycles. The van der Waals surface area contributed by atoms with E-state index in [2.05, 4.69) is 5.32 Å². The standard InChI is InChI=1S/C25H23NO4S2/c1-4-13-30-25(28)22-21(16-9-11-17(29-3)12-10-16)15(2)32-24(22)26-23(27)19-14-31-20-8-6-5-7-18(19)20/h5-12,14H,4,13H2,1-3H3,(H,26,27).